The molecule has 0 radical (unpaired) electrons. The number of fused-ring (bicyclic) bond motifs is 2. The van der Waals surface area contributed by atoms with Gasteiger partial charge in [0.1, 0.15) is 12.1 Å². The molecule has 1 saturated heterocycles. The molecule has 32 heavy (non-hydrogen) atoms. The highest BCUT2D eigenvalue weighted by Gasteiger charge is 2.54. The SMILES string of the molecule is Cc1nn(-c2ccccc2)c(C)c1NC(=O)CN1C(=O)N[C@]2(CCCc3sccc32)C1=O. The van der Waals surface area contributed by atoms with Crippen molar-refractivity contribution in [2.24, 2.45) is 0 Å². The molecule has 164 valence electrons. The molecule has 1 aliphatic carbocycles. The number of aryl methyl sites for hydroxylation is 2. The van der Waals surface area contributed by atoms with Crippen molar-refractivity contribution in [2.75, 3.05) is 11.9 Å². The van der Waals surface area contributed by atoms with Crippen LogP contribution < -0.4 is 10.6 Å². The van der Waals surface area contributed by atoms with Crippen molar-refractivity contribution < 1.29 is 14.4 Å². The number of para-hydroxylation sites is 1. The highest BCUT2D eigenvalue weighted by Crippen LogP contribution is 2.42. The van der Waals surface area contributed by atoms with Crippen molar-refractivity contribution in [3.05, 3.63) is 63.6 Å². The molecule has 9 heteroatoms. The van der Waals surface area contributed by atoms with Gasteiger partial charge in [0.2, 0.25) is 5.91 Å². The predicted octanol–water partition coefficient (Wildman–Crippen LogP) is 3.27. The Balaban J connectivity index is 1.35. The molecular formula is C23H23N5O3S. The number of carbonyl (C=O) groups is 3. The molecule has 1 atom stereocenters. The summed E-state index contributed by atoms with van der Waals surface area (Å²) in [6.07, 6.45) is 2.26. The average Bonchev–Trinajstić information content (AvgIpc) is 3.44. The first kappa shape index (κ1) is 20.4. The maximum absolute atomic E-state index is 13.3. The number of urea groups is 1. The minimum Gasteiger partial charge on any atom is -0.321 e. The minimum absolute atomic E-state index is 0.346. The van der Waals surface area contributed by atoms with Gasteiger partial charge in [-0.3, -0.25) is 14.5 Å². The van der Waals surface area contributed by atoms with Crippen LogP contribution in [0.2, 0.25) is 0 Å². The van der Waals surface area contributed by atoms with Gasteiger partial charge < -0.3 is 10.6 Å². The summed E-state index contributed by atoms with van der Waals surface area (Å²) in [6.45, 7) is 3.33. The standard InChI is InChI=1S/C23H23N5O3S/c1-14-20(15(2)28(26-14)16-7-4-3-5-8-16)24-19(29)13-27-21(30)23(25-22(27)31)11-6-9-18-17(23)10-12-32-18/h3-5,7-8,10,12H,6,9,11,13H2,1-2H3,(H,24,29)(H,25,31)/t23-/m0/s1. The van der Waals surface area contributed by atoms with Gasteiger partial charge in [0.25, 0.3) is 5.91 Å². The molecule has 2 aromatic heterocycles. The van der Waals surface area contributed by atoms with E-state index in [1.807, 2.05) is 55.6 Å². The monoisotopic (exact) mass is 449 g/mol. The Labute approximate surface area is 189 Å². The molecule has 2 aliphatic rings. The van der Waals surface area contributed by atoms with E-state index in [4.69, 9.17) is 0 Å². The van der Waals surface area contributed by atoms with Crippen LogP contribution in [0.1, 0.15) is 34.7 Å². The van der Waals surface area contributed by atoms with Crippen molar-refractivity contribution in [1.82, 2.24) is 20.0 Å². The van der Waals surface area contributed by atoms with E-state index >= 15 is 0 Å². The molecule has 3 aromatic rings. The number of anilines is 1. The molecule has 1 aliphatic heterocycles. The Bertz CT molecular complexity index is 1230. The average molecular weight is 450 g/mol. The number of rotatable bonds is 4. The molecule has 8 nitrogen and oxygen atoms in total. The van der Waals surface area contributed by atoms with Crippen molar-refractivity contribution >= 4 is 34.9 Å². The Morgan fingerprint density at radius 3 is 2.78 bits per heavy atom. The second-order valence-corrected chi connectivity index (χ2v) is 9.18. The lowest BCUT2D eigenvalue weighted by atomic mass is 9.80. The molecule has 1 fully saturated rings. The van der Waals surface area contributed by atoms with Crippen molar-refractivity contribution in [1.29, 1.82) is 0 Å². The summed E-state index contributed by atoms with van der Waals surface area (Å²) in [5, 5.41) is 12.2. The summed E-state index contributed by atoms with van der Waals surface area (Å²) < 4.78 is 1.76. The van der Waals surface area contributed by atoms with E-state index in [-0.39, 0.29) is 12.5 Å². The molecule has 0 saturated carbocycles. The fourth-order valence-corrected chi connectivity index (χ4v) is 5.65. The van der Waals surface area contributed by atoms with E-state index < -0.39 is 17.5 Å². The summed E-state index contributed by atoms with van der Waals surface area (Å²) in [6, 6.07) is 11.0. The van der Waals surface area contributed by atoms with Crippen LogP contribution in [0.5, 0.6) is 0 Å². The molecule has 5 rings (SSSR count). The molecule has 2 N–H and O–H groups in total. The van der Waals surface area contributed by atoms with Crippen LogP contribution in [0.4, 0.5) is 10.5 Å². The highest BCUT2D eigenvalue weighted by atomic mass is 32.1. The van der Waals surface area contributed by atoms with Crippen LogP contribution in [0.25, 0.3) is 5.69 Å². The van der Waals surface area contributed by atoms with E-state index in [0.29, 0.717) is 17.8 Å². The summed E-state index contributed by atoms with van der Waals surface area (Å²) in [5.41, 5.74) is 2.71. The number of benzene rings is 1. The molecule has 0 unspecified atom stereocenters. The van der Waals surface area contributed by atoms with Gasteiger partial charge in [-0.15, -0.1) is 11.3 Å². The number of nitrogens with zero attached hydrogens (tertiary/aromatic N) is 3. The number of hydrogen-bond acceptors (Lipinski definition) is 5. The Kier molecular flexibility index (Phi) is 4.85. The highest BCUT2D eigenvalue weighted by molar-refractivity contribution is 7.10. The molecule has 4 amide bonds. The Hall–Kier alpha value is -3.46. The van der Waals surface area contributed by atoms with Gasteiger partial charge in [-0.2, -0.15) is 5.10 Å². The second-order valence-electron chi connectivity index (χ2n) is 8.18. The first-order valence-electron chi connectivity index (χ1n) is 10.5. The van der Waals surface area contributed by atoms with Crippen LogP contribution in [-0.4, -0.2) is 39.1 Å². The first-order valence-corrected chi connectivity index (χ1v) is 11.4. The van der Waals surface area contributed by atoms with Gasteiger partial charge in [0.05, 0.1) is 22.8 Å². The summed E-state index contributed by atoms with van der Waals surface area (Å²) in [5.74, 6) is -0.795. The topological polar surface area (TPSA) is 96.3 Å². The summed E-state index contributed by atoms with van der Waals surface area (Å²) >= 11 is 1.60. The normalized spacial score (nSPS) is 19.9. The Morgan fingerprint density at radius 2 is 2.00 bits per heavy atom. The fourth-order valence-electron chi connectivity index (χ4n) is 4.65. The third-order valence-corrected chi connectivity index (χ3v) is 7.18. The van der Waals surface area contributed by atoms with Crippen molar-refractivity contribution in [3.63, 3.8) is 0 Å². The van der Waals surface area contributed by atoms with E-state index in [9.17, 15) is 14.4 Å². The lowest BCUT2D eigenvalue weighted by Gasteiger charge is -2.31. The zero-order valence-electron chi connectivity index (χ0n) is 17.8. The summed E-state index contributed by atoms with van der Waals surface area (Å²) in [4.78, 5) is 41.0. The smallest absolute Gasteiger partial charge is 0.321 e. The maximum Gasteiger partial charge on any atom is 0.325 e. The fraction of sp³-hybridized carbons (Fsp3) is 0.304. The molecule has 0 bridgehead atoms. The number of imide groups is 1. The largest absolute Gasteiger partial charge is 0.325 e. The number of thiophene rings is 1. The lowest BCUT2D eigenvalue weighted by molar-refractivity contribution is -0.134. The first-order chi connectivity index (χ1) is 15.4. The van der Waals surface area contributed by atoms with Gasteiger partial charge >= 0.3 is 6.03 Å². The van der Waals surface area contributed by atoms with Crippen LogP contribution >= 0.6 is 11.3 Å². The number of amides is 4. The van der Waals surface area contributed by atoms with Gasteiger partial charge in [-0.1, -0.05) is 18.2 Å². The van der Waals surface area contributed by atoms with E-state index in [0.717, 1.165) is 39.6 Å². The third-order valence-electron chi connectivity index (χ3n) is 6.19. The minimum atomic E-state index is -1.05. The maximum atomic E-state index is 13.3. The van der Waals surface area contributed by atoms with Gasteiger partial charge in [0, 0.05) is 10.4 Å². The van der Waals surface area contributed by atoms with Crippen LogP contribution in [-0.2, 0) is 21.5 Å². The second kappa shape index (κ2) is 7.59. The lowest BCUT2D eigenvalue weighted by Crippen LogP contribution is -2.46. The molecular weight excluding hydrogens is 426 g/mol. The Morgan fingerprint density at radius 1 is 1.22 bits per heavy atom. The zero-order valence-corrected chi connectivity index (χ0v) is 18.7. The third kappa shape index (κ3) is 3.12. The van der Waals surface area contributed by atoms with Crippen molar-refractivity contribution in [3.8, 4) is 5.69 Å². The number of carbonyl (C=O) groups excluding carboxylic acids is 3. The number of hydrogen-bond donors (Lipinski definition) is 2. The zero-order chi connectivity index (χ0) is 22.5. The van der Waals surface area contributed by atoms with Gasteiger partial charge in [-0.25, -0.2) is 9.48 Å². The molecule has 1 spiro atoms. The van der Waals surface area contributed by atoms with E-state index in [1.165, 1.54) is 0 Å². The number of nitrogens with one attached hydrogen (secondary N) is 2. The van der Waals surface area contributed by atoms with Crippen LogP contribution in [0.3, 0.4) is 0 Å². The van der Waals surface area contributed by atoms with Crippen molar-refractivity contribution in [2.45, 2.75) is 38.6 Å². The molecule has 3 heterocycles. The summed E-state index contributed by atoms with van der Waals surface area (Å²) in [7, 11) is 0. The number of aromatic nitrogens is 2. The quantitative estimate of drug-likeness (QED) is 0.598. The van der Waals surface area contributed by atoms with Gasteiger partial charge in [0.15, 0.2) is 0 Å². The molecule has 1 aromatic carbocycles. The van der Waals surface area contributed by atoms with Crippen LogP contribution in [0, 0.1) is 13.8 Å². The van der Waals surface area contributed by atoms with Gasteiger partial charge in [-0.05, 0) is 56.7 Å². The predicted molar refractivity (Wildman–Crippen MR) is 121 cm³/mol. The van der Waals surface area contributed by atoms with Crippen LogP contribution in [0.15, 0.2) is 41.8 Å². The van der Waals surface area contributed by atoms with E-state index in [1.54, 1.807) is 16.0 Å². The van der Waals surface area contributed by atoms with E-state index in [2.05, 4.69) is 15.7 Å².